The van der Waals surface area contributed by atoms with Gasteiger partial charge < -0.3 is 0 Å². The first-order valence-electron chi connectivity index (χ1n) is 7.73. The standard InChI is InChI=1S/C15H24N2O4S2/c1-13-6-8-15(9-7-13)23(20,21)17-12-4-3-5-14(17)10-11-16-22(2,18)19/h6-9,14,16H,3-5,10-12H2,1-2H3. The number of aryl methyl sites for hydroxylation is 1. The Balaban J connectivity index is 2.15. The molecular formula is C15H24N2O4S2. The molecule has 1 unspecified atom stereocenters. The molecule has 1 N–H and O–H groups in total. The SMILES string of the molecule is Cc1ccc(S(=O)(=O)N2CCCCC2CCNS(C)(=O)=O)cc1. The van der Waals surface area contributed by atoms with E-state index < -0.39 is 20.0 Å². The Morgan fingerprint density at radius 3 is 2.39 bits per heavy atom. The zero-order valence-electron chi connectivity index (χ0n) is 13.5. The van der Waals surface area contributed by atoms with Crippen molar-refractivity contribution in [3.63, 3.8) is 0 Å². The molecule has 0 aliphatic carbocycles. The summed E-state index contributed by atoms with van der Waals surface area (Å²) in [6, 6.07) is 6.67. The van der Waals surface area contributed by atoms with Gasteiger partial charge in [-0.25, -0.2) is 21.6 Å². The van der Waals surface area contributed by atoms with Crippen molar-refractivity contribution in [1.29, 1.82) is 0 Å². The van der Waals surface area contributed by atoms with Gasteiger partial charge in [-0.05, 0) is 38.3 Å². The van der Waals surface area contributed by atoms with E-state index in [0.29, 0.717) is 17.9 Å². The van der Waals surface area contributed by atoms with Gasteiger partial charge in [0.25, 0.3) is 0 Å². The molecule has 8 heteroatoms. The van der Waals surface area contributed by atoms with Crippen LogP contribution in [0.15, 0.2) is 29.2 Å². The zero-order valence-corrected chi connectivity index (χ0v) is 15.2. The minimum absolute atomic E-state index is 0.163. The van der Waals surface area contributed by atoms with Gasteiger partial charge in [-0.3, -0.25) is 0 Å². The highest BCUT2D eigenvalue weighted by Crippen LogP contribution is 2.27. The lowest BCUT2D eigenvalue weighted by Gasteiger charge is -2.34. The topological polar surface area (TPSA) is 83.6 Å². The van der Waals surface area contributed by atoms with Gasteiger partial charge in [0.05, 0.1) is 11.2 Å². The van der Waals surface area contributed by atoms with E-state index in [0.717, 1.165) is 31.1 Å². The molecule has 23 heavy (non-hydrogen) atoms. The molecule has 1 aromatic rings. The predicted molar refractivity (Wildman–Crippen MR) is 90.2 cm³/mol. The fourth-order valence-corrected chi connectivity index (χ4v) is 5.05. The molecule has 6 nitrogen and oxygen atoms in total. The van der Waals surface area contributed by atoms with Crippen molar-refractivity contribution in [2.75, 3.05) is 19.3 Å². The highest BCUT2D eigenvalue weighted by atomic mass is 32.2. The maximum absolute atomic E-state index is 12.9. The maximum atomic E-state index is 12.9. The van der Waals surface area contributed by atoms with Crippen molar-refractivity contribution in [2.45, 2.75) is 43.5 Å². The Morgan fingerprint density at radius 1 is 1.13 bits per heavy atom. The first-order chi connectivity index (χ1) is 10.7. The summed E-state index contributed by atoms with van der Waals surface area (Å²) in [7, 11) is -6.79. The lowest BCUT2D eigenvalue weighted by Crippen LogP contribution is -2.45. The van der Waals surface area contributed by atoms with E-state index in [4.69, 9.17) is 0 Å². The van der Waals surface area contributed by atoms with Crippen LogP contribution in [0.4, 0.5) is 0 Å². The second-order valence-corrected chi connectivity index (χ2v) is 9.76. The normalized spacial score (nSPS) is 20.5. The van der Waals surface area contributed by atoms with Crippen LogP contribution in [0.3, 0.4) is 0 Å². The van der Waals surface area contributed by atoms with Crippen molar-refractivity contribution >= 4 is 20.0 Å². The van der Waals surface area contributed by atoms with Gasteiger partial charge in [0, 0.05) is 19.1 Å². The molecule has 0 radical (unpaired) electrons. The Labute approximate surface area is 139 Å². The molecule has 1 aliphatic rings. The Bertz CT molecular complexity index is 727. The second-order valence-electron chi connectivity index (χ2n) is 6.03. The maximum Gasteiger partial charge on any atom is 0.243 e. The number of nitrogens with zero attached hydrogens (tertiary/aromatic N) is 1. The van der Waals surface area contributed by atoms with Gasteiger partial charge in [0.2, 0.25) is 20.0 Å². The number of sulfonamides is 2. The molecular weight excluding hydrogens is 336 g/mol. The summed E-state index contributed by atoms with van der Waals surface area (Å²) >= 11 is 0. The minimum atomic E-state index is -3.54. The summed E-state index contributed by atoms with van der Waals surface area (Å²) in [6.45, 7) is 2.65. The van der Waals surface area contributed by atoms with Crippen molar-refractivity contribution < 1.29 is 16.8 Å². The third kappa shape index (κ3) is 5.00. The Morgan fingerprint density at radius 2 is 1.78 bits per heavy atom. The van der Waals surface area contributed by atoms with Crippen molar-refractivity contribution in [1.82, 2.24) is 9.03 Å². The number of piperidine rings is 1. The quantitative estimate of drug-likeness (QED) is 0.833. The summed E-state index contributed by atoms with van der Waals surface area (Å²) in [6.07, 6.45) is 4.15. The fraction of sp³-hybridized carbons (Fsp3) is 0.600. The molecule has 0 bridgehead atoms. The molecule has 1 atom stereocenters. The predicted octanol–water partition coefficient (Wildman–Crippen LogP) is 1.48. The molecule has 1 saturated heterocycles. The van der Waals surface area contributed by atoms with Crippen LogP contribution in [-0.2, 0) is 20.0 Å². The van der Waals surface area contributed by atoms with Crippen LogP contribution in [0.25, 0.3) is 0 Å². The highest BCUT2D eigenvalue weighted by Gasteiger charge is 2.33. The minimum Gasteiger partial charge on any atom is -0.215 e. The van der Waals surface area contributed by atoms with Crippen LogP contribution in [0, 0.1) is 6.92 Å². The average molecular weight is 361 g/mol. The molecule has 1 aromatic carbocycles. The van der Waals surface area contributed by atoms with Gasteiger partial charge >= 0.3 is 0 Å². The van der Waals surface area contributed by atoms with Gasteiger partial charge in [0.15, 0.2) is 0 Å². The largest absolute Gasteiger partial charge is 0.243 e. The van der Waals surface area contributed by atoms with Gasteiger partial charge in [0.1, 0.15) is 0 Å². The molecule has 1 heterocycles. The Hall–Kier alpha value is -0.960. The number of nitrogens with one attached hydrogen (secondary N) is 1. The smallest absolute Gasteiger partial charge is 0.215 e. The fourth-order valence-electron chi connectivity index (χ4n) is 2.84. The van der Waals surface area contributed by atoms with E-state index in [9.17, 15) is 16.8 Å². The monoisotopic (exact) mass is 360 g/mol. The van der Waals surface area contributed by atoms with E-state index in [1.165, 1.54) is 4.31 Å². The molecule has 0 amide bonds. The average Bonchev–Trinajstić information content (AvgIpc) is 2.47. The summed E-state index contributed by atoms with van der Waals surface area (Å²) < 4.78 is 52.0. The molecule has 2 rings (SSSR count). The van der Waals surface area contributed by atoms with Crippen LogP contribution >= 0.6 is 0 Å². The Kier molecular flexibility index (Phi) is 5.83. The van der Waals surface area contributed by atoms with E-state index >= 15 is 0 Å². The molecule has 0 aromatic heterocycles. The first-order valence-corrected chi connectivity index (χ1v) is 11.1. The molecule has 0 spiro atoms. The second kappa shape index (κ2) is 7.29. The third-order valence-corrected chi connectivity index (χ3v) is 6.74. The van der Waals surface area contributed by atoms with Gasteiger partial charge in [-0.15, -0.1) is 0 Å². The highest BCUT2D eigenvalue weighted by molar-refractivity contribution is 7.89. The van der Waals surface area contributed by atoms with Gasteiger partial charge in [-0.1, -0.05) is 24.1 Å². The van der Waals surface area contributed by atoms with E-state index in [1.807, 2.05) is 6.92 Å². The van der Waals surface area contributed by atoms with Crippen LogP contribution in [0.5, 0.6) is 0 Å². The number of benzene rings is 1. The van der Waals surface area contributed by atoms with Crippen molar-refractivity contribution in [3.05, 3.63) is 29.8 Å². The summed E-state index contributed by atoms with van der Waals surface area (Å²) in [5.41, 5.74) is 1.01. The zero-order chi connectivity index (χ0) is 17.1. The number of rotatable bonds is 6. The van der Waals surface area contributed by atoms with Crippen LogP contribution in [-0.4, -0.2) is 46.5 Å². The van der Waals surface area contributed by atoms with E-state index in [1.54, 1.807) is 24.3 Å². The third-order valence-electron chi connectivity index (χ3n) is 4.04. The van der Waals surface area contributed by atoms with Crippen LogP contribution < -0.4 is 4.72 Å². The molecule has 130 valence electrons. The van der Waals surface area contributed by atoms with E-state index in [2.05, 4.69) is 4.72 Å². The number of hydrogen-bond acceptors (Lipinski definition) is 4. The lowest BCUT2D eigenvalue weighted by molar-refractivity contribution is 0.242. The summed E-state index contributed by atoms with van der Waals surface area (Å²) in [5, 5.41) is 0. The van der Waals surface area contributed by atoms with Crippen molar-refractivity contribution in [2.24, 2.45) is 0 Å². The summed E-state index contributed by atoms with van der Waals surface area (Å²) in [4.78, 5) is 0.297. The number of hydrogen-bond donors (Lipinski definition) is 1. The first kappa shape index (κ1) is 18.4. The van der Waals surface area contributed by atoms with Crippen LogP contribution in [0.1, 0.15) is 31.2 Å². The van der Waals surface area contributed by atoms with E-state index in [-0.39, 0.29) is 12.6 Å². The lowest BCUT2D eigenvalue weighted by atomic mass is 10.0. The van der Waals surface area contributed by atoms with Crippen LogP contribution in [0.2, 0.25) is 0 Å². The molecule has 1 aliphatic heterocycles. The molecule has 0 saturated carbocycles. The van der Waals surface area contributed by atoms with Crippen molar-refractivity contribution in [3.8, 4) is 0 Å². The van der Waals surface area contributed by atoms with Gasteiger partial charge in [-0.2, -0.15) is 4.31 Å². The summed E-state index contributed by atoms with van der Waals surface area (Å²) in [5.74, 6) is 0. The molecule has 1 fully saturated rings.